The summed E-state index contributed by atoms with van der Waals surface area (Å²) in [5, 5.41) is 3.36. The molecule has 4 heteroatoms. The Morgan fingerprint density at radius 1 is 1.44 bits per heavy atom. The van der Waals surface area contributed by atoms with Gasteiger partial charge < -0.3 is 0 Å². The fourth-order valence-corrected chi connectivity index (χ4v) is 2.60. The summed E-state index contributed by atoms with van der Waals surface area (Å²) < 4.78 is 0. The van der Waals surface area contributed by atoms with Crippen molar-refractivity contribution in [3.8, 4) is 10.6 Å². The fourth-order valence-electron chi connectivity index (χ4n) is 1.43. The van der Waals surface area contributed by atoms with E-state index in [2.05, 4.69) is 4.98 Å². The van der Waals surface area contributed by atoms with E-state index in [0.717, 1.165) is 16.1 Å². The Hall–Kier alpha value is -1.19. The topological polar surface area (TPSA) is 30.0 Å². The van der Waals surface area contributed by atoms with Gasteiger partial charge in [0.05, 0.1) is 0 Å². The number of aromatic nitrogens is 1. The summed E-state index contributed by atoms with van der Waals surface area (Å²) in [7, 11) is 0. The monoisotopic (exact) mass is 251 g/mol. The molecule has 0 N–H and O–H groups in total. The molecule has 0 amide bonds. The van der Waals surface area contributed by atoms with E-state index in [9.17, 15) is 4.79 Å². The normalized spacial score (nSPS) is 10.4. The van der Waals surface area contributed by atoms with Gasteiger partial charge in [-0.1, -0.05) is 17.7 Å². The minimum Gasteiger partial charge on any atom is -0.293 e. The lowest BCUT2D eigenvalue weighted by Crippen LogP contribution is -1.91. The molecule has 0 atom stereocenters. The van der Waals surface area contributed by atoms with E-state index in [4.69, 9.17) is 11.6 Å². The van der Waals surface area contributed by atoms with Crippen LogP contribution in [0.2, 0.25) is 5.02 Å². The summed E-state index contributed by atoms with van der Waals surface area (Å²) in [6, 6.07) is 5.66. The van der Waals surface area contributed by atoms with Gasteiger partial charge in [0, 0.05) is 22.9 Å². The molecule has 0 aliphatic carbocycles. The van der Waals surface area contributed by atoms with Crippen molar-refractivity contribution in [2.24, 2.45) is 0 Å². The first-order valence-electron chi connectivity index (χ1n) is 4.81. The van der Waals surface area contributed by atoms with Crippen molar-refractivity contribution in [2.75, 3.05) is 0 Å². The number of hydrogen-bond donors (Lipinski definition) is 0. The number of nitrogens with zero attached hydrogens (tertiary/aromatic N) is 1. The molecule has 0 saturated carbocycles. The van der Waals surface area contributed by atoms with Gasteiger partial charge in [0.1, 0.15) is 10.7 Å². The number of Topliss-reactive ketones (excluding diaryl/α,β-unsaturated/α-hetero) is 1. The van der Waals surface area contributed by atoms with E-state index in [1.807, 2.05) is 25.1 Å². The van der Waals surface area contributed by atoms with Crippen LogP contribution in [0.15, 0.2) is 23.6 Å². The summed E-state index contributed by atoms with van der Waals surface area (Å²) in [6.07, 6.45) is 0. The number of thiazole rings is 1. The number of rotatable bonds is 2. The number of benzene rings is 1. The number of halogens is 1. The Labute approximate surface area is 103 Å². The molecule has 0 spiro atoms. The van der Waals surface area contributed by atoms with Crippen LogP contribution in [-0.2, 0) is 0 Å². The Morgan fingerprint density at radius 3 is 2.75 bits per heavy atom. The minimum absolute atomic E-state index is 0.00545. The average molecular weight is 252 g/mol. The van der Waals surface area contributed by atoms with E-state index >= 15 is 0 Å². The molecule has 0 saturated heterocycles. The third kappa shape index (κ3) is 2.15. The van der Waals surface area contributed by atoms with Gasteiger partial charge in [0.25, 0.3) is 0 Å². The first kappa shape index (κ1) is 11.3. The summed E-state index contributed by atoms with van der Waals surface area (Å²) in [5.41, 5.74) is 2.62. The van der Waals surface area contributed by atoms with Crippen LogP contribution in [0.3, 0.4) is 0 Å². The molecule has 82 valence electrons. The van der Waals surface area contributed by atoms with Crippen molar-refractivity contribution in [2.45, 2.75) is 13.8 Å². The fraction of sp³-hybridized carbons (Fsp3) is 0.167. The van der Waals surface area contributed by atoms with Crippen molar-refractivity contribution < 1.29 is 4.79 Å². The molecule has 0 aliphatic rings. The van der Waals surface area contributed by atoms with Crippen molar-refractivity contribution in [1.82, 2.24) is 4.98 Å². The molecule has 2 nitrogen and oxygen atoms in total. The first-order chi connectivity index (χ1) is 7.58. The number of hydrogen-bond acceptors (Lipinski definition) is 3. The lowest BCUT2D eigenvalue weighted by atomic mass is 10.1. The zero-order chi connectivity index (χ0) is 11.7. The van der Waals surface area contributed by atoms with E-state index in [0.29, 0.717) is 10.7 Å². The molecule has 1 aromatic carbocycles. The highest BCUT2D eigenvalue weighted by Crippen LogP contribution is 2.28. The first-order valence-corrected chi connectivity index (χ1v) is 6.06. The van der Waals surface area contributed by atoms with Gasteiger partial charge in [-0.2, -0.15) is 0 Å². The molecule has 0 bridgehead atoms. The largest absolute Gasteiger partial charge is 0.293 e. The Bertz CT molecular complexity index is 548. The smallest absolute Gasteiger partial charge is 0.178 e. The van der Waals surface area contributed by atoms with Gasteiger partial charge >= 0.3 is 0 Å². The third-order valence-corrected chi connectivity index (χ3v) is 3.39. The van der Waals surface area contributed by atoms with Gasteiger partial charge in [-0.15, -0.1) is 11.3 Å². The molecule has 1 heterocycles. The predicted octanol–water partition coefficient (Wildman–Crippen LogP) is 3.97. The highest BCUT2D eigenvalue weighted by Gasteiger charge is 2.09. The summed E-state index contributed by atoms with van der Waals surface area (Å²) in [4.78, 5) is 15.4. The molecule has 0 radical (unpaired) electrons. The molecule has 2 aromatic rings. The molecular formula is C12H10ClNOS. The lowest BCUT2D eigenvalue weighted by Gasteiger charge is -2.01. The second-order valence-corrected chi connectivity index (χ2v) is 4.85. The summed E-state index contributed by atoms with van der Waals surface area (Å²) in [6.45, 7) is 3.50. The third-order valence-electron chi connectivity index (χ3n) is 2.28. The van der Waals surface area contributed by atoms with Crippen LogP contribution >= 0.6 is 22.9 Å². The molecular weight excluding hydrogens is 242 g/mol. The van der Waals surface area contributed by atoms with E-state index in [-0.39, 0.29) is 5.78 Å². The van der Waals surface area contributed by atoms with Gasteiger partial charge in [0.2, 0.25) is 0 Å². The van der Waals surface area contributed by atoms with Crippen LogP contribution < -0.4 is 0 Å². The van der Waals surface area contributed by atoms with Gasteiger partial charge in [0.15, 0.2) is 5.78 Å². The van der Waals surface area contributed by atoms with Gasteiger partial charge in [-0.25, -0.2) is 4.98 Å². The summed E-state index contributed by atoms with van der Waals surface area (Å²) in [5.74, 6) is -0.00545. The van der Waals surface area contributed by atoms with E-state index < -0.39 is 0 Å². The molecule has 0 fully saturated rings. The van der Waals surface area contributed by atoms with Crippen molar-refractivity contribution in [3.05, 3.63) is 39.9 Å². The molecule has 2 rings (SSSR count). The van der Waals surface area contributed by atoms with Crippen LogP contribution in [0.1, 0.15) is 23.0 Å². The Kier molecular flexibility index (Phi) is 3.08. The van der Waals surface area contributed by atoms with Crippen LogP contribution in [-0.4, -0.2) is 10.8 Å². The number of carbonyl (C=O) groups excluding carboxylic acids is 1. The highest BCUT2D eigenvalue weighted by molar-refractivity contribution is 7.13. The van der Waals surface area contributed by atoms with Crippen molar-refractivity contribution in [3.63, 3.8) is 0 Å². The zero-order valence-electron chi connectivity index (χ0n) is 8.95. The Balaban J connectivity index is 2.46. The van der Waals surface area contributed by atoms with Gasteiger partial charge in [-0.05, 0) is 24.6 Å². The second-order valence-electron chi connectivity index (χ2n) is 3.55. The number of carbonyl (C=O) groups is 1. The maximum atomic E-state index is 11.2. The SMILES string of the molecule is CC(=O)c1csc(-c2ccc(Cl)cc2C)n1. The zero-order valence-corrected chi connectivity index (χ0v) is 10.5. The minimum atomic E-state index is -0.00545. The van der Waals surface area contributed by atoms with E-state index in [1.54, 1.807) is 5.38 Å². The molecule has 1 aromatic heterocycles. The van der Waals surface area contributed by atoms with Crippen molar-refractivity contribution >= 4 is 28.7 Å². The molecule has 0 unspecified atom stereocenters. The second kappa shape index (κ2) is 4.36. The van der Waals surface area contributed by atoms with Crippen LogP contribution in [0.5, 0.6) is 0 Å². The summed E-state index contributed by atoms with van der Waals surface area (Å²) >= 11 is 7.36. The average Bonchev–Trinajstić information content (AvgIpc) is 2.66. The van der Waals surface area contributed by atoms with Crippen LogP contribution in [0, 0.1) is 6.92 Å². The standard InChI is InChI=1S/C12H10ClNOS/c1-7-5-9(13)3-4-10(7)12-14-11(6-16-12)8(2)15/h3-6H,1-2H3. The van der Waals surface area contributed by atoms with Crippen LogP contribution in [0.4, 0.5) is 0 Å². The van der Waals surface area contributed by atoms with Crippen LogP contribution in [0.25, 0.3) is 10.6 Å². The maximum absolute atomic E-state index is 11.2. The number of ketones is 1. The maximum Gasteiger partial charge on any atom is 0.178 e. The lowest BCUT2D eigenvalue weighted by molar-refractivity contribution is 0.101. The quantitative estimate of drug-likeness (QED) is 0.756. The Morgan fingerprint density at radius 2 is 2.19 bits per heavy atom. The van der Waals surface area contributed by atoms with E-state index in [1.165, 1.54) is 18.3 Å². The number of aryl methyl sites for hydroxylation is 1. The van der Waals surface area contributed by atoms with Gasteiger partial charge in [-0.3, -0.25) is 4.79 Å². The van der Waals surface area contributed by atoms with Crippen molar-refractivity contribution in [1.29, 1.82) is 0 Å². The molecule has 16 heavy (non-hydrogen) atoms. The predicted molar refractivity (Wildman–Crippen MR) is 67.3 cm³/mol. The molecule has 0 aliphatic heterocycles. The highest BCUT2D eigenvalue weighted by atomic mass is 35.5.